The topological polar surface area (TPSA) is 525 Å². The number of carbonyl (C=O) groups excluding carboxylic acids is 8. The second-order valence-electron chi connectivity index (χ2n) is 31.9. The number of benzene rings is 3. The summed E-state index contributed by atoms with van der Waals surface area (Å²) in [6, 6.07) is 23.2. The minimum Gasteiger partial charge on any atom is -0.494 e. The van der Waals surface area contributed by atoms with E-state index < -0.39 is 238 Å². The van der Waals surface area contributed by atoms with Gasteiger partial charge in [-0.3, -0.25) is 71.9 Å². The zero-order valence-corrected chi connectivity index (χ0v) is 83.2. The van der Waals surface area contributed by atoms with E-state index in [1.807, 2.05) is 25.8 Å². The van der Waals surface area contributed by atoms with Crippen LogP contribution >= 0.6 is 66.8 Å². The second kappa shape index (κ2) is 53.0. The van der Waals surface area contributed by atoms with E-state index in [0.29, 0.717) is 49.9 Å². The second-order valence-corrected chi connectivity index (χ2v) is 40.5. The van der Waals surface area contributed by atoms with Gasteiger partial charge in [0.2, 0.25) is 40.6 Å². The fraction of sp³-hybridized carbons (Fsp3) is 0.438. The van der Waals surface area contributed by atoms with Gasteiger partial charge in [0.25, 0.3) is 23.1 Å². The number of ether oxygens (including phenoxy) is 7. The van der Waals surface area contributed by atoms with Crippen LogP contribution in [0.4, 0.5) is 35.1 Å². The highest BCUT2D eigenvalue weighted by Gasteiger charge is 2.71. The third-order valence-electron chi connectivity index (χ3n) is 19.8. The van der Waals surface area contributed by atoms with Crippen LogP contribution in [0.15, 0.2) is 236 Å². The smallest absolute Gasteiger partial charge is 0.459 e. The monoisotopic (exact) mass is 2150 g/mol. The Morgan fingerprint density at radius 2 is 0.831 bits per heavy atom. The maximum Gasteiger partial charge on any atom is 0.459 e. The molecule has 4 saturated heterocycles. The summed E-state index contributed by atoms with van der Waals surface area (Å²) in [6.45, 7) is 24.1. The van der Waals surface area contributed by atoms with E-state index in [1.165, 1.54) is 32.9 Å². The van der Waals surface area contributed by atoms with E-state index in [9.17, 15) is 98.9 Å². The summed E-state index contributed by atoms with van der Waals surface area (Å²) in [6.07, 6.45) is -11.0. The molecular formula is C89H107Cl4F8N8O30P3. The molecule has 1 aromatic heterocycles. The van der Waals surface area contributed by atoms with Gasteiger partial charge >= 0.3 is 38.3 Å². The minimum atomic E-state index is -4.64. The van der Waals surface area contributed by atoms with Crippen LogP contribution in [0.3, 0.4) is 0 Å². The molecule has 3 amide bonds. The Morgan fingerprint density at radius 3 is 1.16 bits per heavy atom. The molecule has 0 radical (unpaired) electrons. The minimum absolute atomic E-state index is 0. The number of alkyl halides is 8. The van der Waals surface area contributed by atoms with Crippen molar-refractivity contribution in [2.24, 2.45) is 11.7 Å². The standard InChI is InChI=1S/C24H28F2N3O9P.C14H15F2NO4.2C13H13F2NO5.C12H17ClNO4P.C7H15NO.C6H5Cl2O2P.ClH/c1-5-12-23(25)20(32)24(26,37-21(23)29-13-11-18(30)27-22(29)33)14-35-39(34,38-17-9-7-6-8-10-17)28-16(4)19(31)36-15(2)3;1-3-5-13(15)9(2)14(16,8-18)21-12(13)17-6-4-10(19)7-11(17)20;2*1-2-4-12(14)10(20)13(15,7-17)21-11(12)16-5-3-8(18)6-9(16)19;1-9(2)17-12(15)10(3)14-19(13,16)18-11-7-5-4-6-8-11;1-5(2)9-7(4)6(3)8;7-11(8,9)10-6-4-2-1-3-5-6;/h6-13,15-16,20-21,32H,1,14H2,2-4H3,(H,28,34)(H,27,30,33);4-6,9,12,18H,1,7-8H2,2H3;2*3-5,10-11,17,20H,1,6-7H2;4-10H,1-3H3,(H,14,16);5-6H,4,8H2,1-3H3;1-5H;1H/t16-,20-,21+,23+,24+,39?;9-,12+,13+,14+;2*10-,11+,12+,13+;10-,19?;6-;;/m000000../s1. The average molecular weight is 2160 g/mol. The number of aromatic amines is 1. The number of amides is 3. The van der Waals surface area contributed by atoms with E-state index in [4.69, 9.17) is 102 Å². The summed E-state index contributed by atoms with van der Waals surface area (Å²) in [5.41, 5.74) is 0.595. The molecule has 21 atom stereocenters. The summed E-state index contributed by atoms with van der Waals surface area (Å²) in [7, 11) is -4.64. The van der Waals surface area contributed by atoms with Gasteiger partial charge in [0.15, 0.2) is 66.2 Å². The number of ketones is 3. The number of carbonyl (C=O) groups is 8. The number of esters is 2. The fourth-order valence-corrected chi connectivity index (χ4v) is 16.9. The highest BCUT2D eigenvalue weighted by molar-refractivity contribution is 8.05. The van der Waals surface area contributed by atoms with Crippen molar-refractivity contribution in [1.82, 2.24) is 34.4 Å². The number of para-hydroxylation sites is 3. The number of aliphatic hydroxyl groups excluding tert-OH is 6. The molecular weight excluding hydrogens is 2050 g/mol. The molecule has 0 saturated carbocycles. The zero-order chi connectivity index (χ0) is 107. The Labute approximate surface area is 829 Å². The van der Waals surface area contributed by atoms with Crippen molar-refractivity contribution in [2.75, 3.05) is 26.4 Å². The van der Waals surface area contributed by atoms with E-state index in [0.717, 1.165) is 60.1 Å². The number of nitrogens with two attached hydrogens (primary N) is 1. The van der Waals surface area contributed by atoms with Gasteiger partial charge in [0, 0.05) is 82.8 Å². The summed E-state index contributed by atoms with van der Waals surface area (Å²) < 4.78 is 212. The Bertz CT molecular complexity index is 5460. The Morgan fingerprint density at radius 1 is 0.507 bits per heavy atom. The molecule has 11 rings (SSSR count). The molecule has 0 bridgehead atoms. The van der Waals surface area contributed by atoms with Crippen LogP contribution in [0.25, 0.3) is 0 Å². The van der Waals surface area contributed by atoms with Crippen molar-refractivity contribution in [3.63, 3.8) is 0 Å². The van der Waals surface area contributed by atoms with Crippen molar-refractivity contribution in [1.29, 1.82) is 0 Å². The van der Waals surface area contributed by atoms with E-state index >= 15 is 13.2 Å². The van der Waals surface area contributed by atoms with Crippen LogP contribution in [-0.4, -0.2) is 248 Å². The van der Waals surface area contributed by atoms with Gasteiger partial charge in [0.1, 0.15) is 61.5 Å². The molecule has 3 aromatic carbocycles. The molecule has 7 aliphatic heterocycles. The highest BCUT2D eigenvalue weighted by atomic mass is 35.9. The average Bonchev–Trinajstić information content (AvgIpc) is 1.60. The van der Waals surface area contributed by atoms with E-state index in [-0.39, 0.29) is 36.4 Å². The third-order valence-corrected chi connectivity index (χ3v) is 23.9. The number of H-pyrrole nitrogens is 1. The lowest BCUT2D eigenvalue weighted by molar-refractivity contribution is -0.213. The molecule has 142 heavy (non-hydrogen) atoms. The normalized spacial score (nSPS) is 28.7. The molecule has 11 N–H and O–H groups in total. The molecule has 4 fully saturated rings. The van der Waals surface area contributed by atoms with Gasteiger partial charge in [-0.2, -0.15) is 5.09 Å². The quantitative estimate of drug-likeness (QED) is 0.00559. The molecule has 2 unspecified atom stereocenters. The van der Waals surface area contributed by atoms with Crippen molar-refractivity contribution in [3.8, 4) is 17.2 Å². The molecule has 0 aliphatic carbocycles. The maximum absolute atomic E-state index is 16.0. The van der Waals surface area contributed by atoms with Crippen LogP contribution < -0.4 is 40.7 Å². The lowest BCUT2D eigenvalue weighted by Gasteiger charge is -2.33. The summed E-state index contributed by atoms with van der Waals surface area (Å²) in [5.74, 6) is -17.4. The summed E-state index contributed by atoms with van der Waals surface area (Å²) >= 11 is 16.1. The van der Waals surface area contributed by atoms with Crippen molar-refractivity contribution >= 4 is 114 Å². The molecule has 4 aromatic rings. The number of aliphatic hydroxyl groups is 6. The SMILES string of the molecule is C=C(OC(C)C)[C@H](C)N.C=C=C[C@]1(F)[C@H](N2C=CC(=O)CC2=O)O[C@](F)(CO)[C@H]1C.C=C=C[C@]1(F)[C@H](N2C=CC(=O)CC2=O)O[C@](F)(CO)[C@H]1O.C=C=C[C@]1(F)[C@H](N2C=CC(=O)CC2=O)O[C@](F)(CO)[C@H]1O.C=C=C[C@]1(F)[C@H](n2ccc(=O)[nH]c2=O)O[C@](F)(COP(=O)(N[C@@H](C)C(=O)OC(C)C)Oc2ccccc2)[C@H]1O.CC(C)OC(=O)[C@H](C)NP(=O)(Cl)Oc1ccccc1.Cl.O=P(Cl)(Cl)Oc1ccccc1. The third kappa shape index (κ3) is 33.1. The molecule has 7 aliphatic rings. The highest BCUT2D eigenvalue weighted by Crippen LogP contribution is 2.58. The number of nitrogens with zero attached hydrogens (tertiary/aromatic N) is 4. The summed E-state index contributed by atoms with van der Waals surface area (Å²) in [4.78, 5) is 120. The first-order valence-corrected chi connectivity index (χ1v) is 49.3. The van der Waals surface area contributed by atoms with Crippen LogP contribution in [-0.2, 0) is 89.7 Å². The molecule has 0 spiro atoms. The first-order valence-electron chi connectivity index (χ1n) is 41.8. The number of nitrogens with one attached hydrogen (secondary N) is 3. The van der Waals surface area contributed by atoms with Crippen molar-refractivity contribution in [3.05, 3.63) is 247 Å². The zero-order valence-electron chi connectivity index (χ0n) is 77.4. The molecule has 38 nitrogen and oxygen atoms in total. The lowest BCUT2D eigenvalue weighted by atomic mass is 9.86. The number of halogens is 12. The van der Waals surface area contributed by atoms with Crippen molar-refractivity contribution < 1.29 is 169 Å². The number of hydrogen-bond donors (Lipinski definition) is 10. The van der Waals surface area contributed by atoms with Gasteiger partial charge in [-0.05, 0) is 123 Å². The number of rotatable bonds is 31. The summed E-state index contributed by atoms with van der Waals surface area (Å²) in [5, 5.41) is 62.0. The van der Waals surface area contributed by atoms with E-state index in [1.54, 1.807) is 107 Å². The fourth-order valence-electron chi connectivity index (χ4n) is 12.9. The number of allylic oxidation sites excluding steroid dienone is 3. The lowest BCUT2D eigenvalue weighted by Crippen LogP contribution is -2.52. The Kier molecular flexibility index (Phi) is 46.2. The van der Waals surface area contributed by atoms with Gasteiger partial charge in [-0.25, -0.2) is 58.7 Å². The Balaban J connectivity index is 0.000000360. The van der Waals surface area contributed by atoms with Gasteiger partial charge in [0.05, 0.1) is 49.5 Å². The van der Waals surface area contributed by atoms with E-state index in [2.05, 4.69) is 70.5 Å². The van der Waals surface area contributed by atoms with Crippen LogP contribution in [0.1, 0.15) is 94.7 Å². The van der Waals surface area contributed by atoms with Crippen LogP contribution in [0, 0.1) is 5.92 Å². The molecule has 53 heteroatoms. The first kappa shape index (κ1) is 124. The molecule has 8 heterocycles. The van der Waals surface area contributed by atoms with Gasteiger partial charge in [-0.15, -0.1) is 35.3 Å². The van der Waals surface area contributed by atoms with Crippen LogP contribution in [0.5, 0.6) is 17.2 Å². The predicted molar refractivity (Wildman–Crippen MR) is 498 cm³/mol. The largest absolute Gasteiger partial charge is 0.494 e. The number of aromatic nitrogens is 2. The van der Waals surface area contributed by atoms with Gasteiger partial charge in [-0.1, -0.05) is 94.4 Å². The maximum atomic E-state index is 16.0. The van der Waals surface area contributed by atoms with Crippen LogP contribution in [0.2, 0.25) is 0 Å². The Hall–Kier alpha value is -10.3. The number of hydrogen-bond acceptors (Lipinski definition) is 31. The first-order chi connectivity index (χ1) is 65.5. The molecule has 782 valence electrons. The predicted octanol–water partition coefficient (Wildman–Crippen LogP) is 11.4. The van der Waals surface area contributed by atoms with Gasteiger partial charge < -0.3 is 83.1 Å². The van der Waals surface area contributed by atoms with Crippen molar-refractivity contribution in [2.45, 2.75) is 214 Å².